The summed E-state index contributed by atoms with van der Waals surface area (Å²) in [4.78, 5) is 4.10. The van der Waals surface area contributed by atoms with E-state index in [9.17, 15) is 0 Å². The summed E-state index contributed by atoms with van der Waals surface area (Å²) in [5.41, 5.74) is 1.33. The standard InChI is InChI=1S/C12H20N2O/c1-12(2,3)6-7-13-8-10-4-5-11(15)9-14-10/h4-5,9,13,15H,6-8H2,1-3H3. The highest BCUT2D eigenvalue weighted by Crippen LogP contribution is 2.17. The first-order valence-corrected chi connectivity index (χ1v) is 5.32. The summed E-state index contributed by atoms with van der Waals surface area (Å²) in [5, 5.41) is 12.4. The molecule has 1 aromatic heterocycles. The van der Waals surface area contributed by atoms with Crippen molar-refractivity contribution in [3.8, 4) is 5.75 Å². The average molecular weight is 208 g/mol. The van der Waals surface area contributed by atoms with Crippen LogP contribution in [0.15, 0.2) is 18.3 Å². The topological polar surface area (TPSA) is 45.1 Å². The summed E-state index contributed by atoms with van der Waals surface area (Å²) < 4.78 is 0. The lowest BCUT2D eigenvalue weighted by atomic mass is 9.92. The van der Waals surface area contributed by atoms with E-state index in [-0.39, 0.29) is 5.75 Å². The number of hydrogen-bond donors (Lipinski definition) is 2. The number of aromatic nitrogens is 1. The first kappa shape index (κ1) is 12.0. The maximum atomic E-state index is 9.05. The summed E-state index contributed by atoms with van der Waals surface area (Å²) >= 11 is 0. The molecule has 0 bridgehead atoms. The predicted molar refractivity (Wildman–Crippen MR) is 61.7 cm³/mol. The molecular weight excluding hydrogens is 188 g/mol. The maximum absolute atomic E-state index is 9.05. The van der Waals surface area contributed by atoms with E-state index < -0.39 is 0 Å². The van der Waals surface area contributed by atoms with E-state index in [0.29, 0.717) is 5.41 Å². The number of aromatic hydroxyl groups is 1. The van der Waals surface area contributed by atoms with Crippen LogP contribution in [0.2, 0.25) is 0 Å². The fraction of sp³-hybridized carbons (Fsp3) is 0.583. The van der Waals surface area contributed by atoms with Crippen LogP contribution in [0.5, 0.6) is 5.75 Å². The van der Waals surface area contributed by atoms with Gasteiger partial charge in [0.05, 0.1) is 11.9 Å². The Morgan fingerprint density at radius 3 is 2.60 bits per heavy atom. The minimum Gasteiger partial charge on any atom is -0.506 e. The summed E-state index contributed by atoms with van der Waals surface area (Å²) in [7, 11) is 0. The van der Waals surface area contributed by atoms with Crippen molar-refractivity contribution in [3.63, 3.8) is 0 Å². The summed E-state index contributed by atoms with van der Waals surface area (Å²) in [6, 6.07) is 3.49. The Kier molecular flexibility index (Phi) is 4.09. The molecule has 0 saturated carbocycles. The average Bonchev–Trinajstić information content (AvgIpc) is 2.14. The lowest BCUT2D eigenvalue weighted by Gasteiger charge is -2.17. The lowest BCUT2D eigenvalue weighted by molar-refractivity contribution is 0.366. The quantitative estimate of drug-likeness (QED) is 0.746. The van der Waals surface area contributed by atoms with Crippen LogP contribution in [-0.2, 0) is 6.54 Å². The van der Waals surface area contributed by atoms with Gasteiger partial charge in [-0.15, -0.1) is 0 Å². The van der Waals surface area contributed by atoms with E-state index in [1.165, 1.54) is 6.20 Å². The second kappa shape index (κ2) is 5.12. The number of hydrogen-bond acceptors (Lipinski definition) is 3. The SMILES string of the molecule is CC(C)(C)CCNCc1ccc(O)cn1. The monoisotopic (exact) mass is 208 g/mol. The van der Waals surface area contributed by atoms with Crippen molar-refractivity contribution in [2.24, 2.45) is 5.41 Å². The van der Waals surface area contributed by atoms with Crippen LogP contribution in [0, 0.1) is 5.41 Å². The third-order valence-electron chi connectivity index (χ3n) is 2.17. The molecule has 0 atom stereocenters. The normalized spacial score (nSPS) is 11.7. The molecule has 84 valence electrons. The van der Waals surface area contributed by atoms with Crippen molar-refractivity contribution in [2.45, 2.75) is 33.7 Å². The van der Waals surface area contributed by atoms with Gasteiger partial charge in [0.15, 0.2) is 0 Å². The molecule has 0 aliphatic heterocycles. The third kappa shape index (κ3) is 5.37. The van der Waals surface area contributed by atoms with Crippen LogP contribution in [0.4, 0.5) is 0 Å². The van der Waals surface area contributed by atoms with Crippen molar-refractivity contribution >= 4 is 0 Å². The molecule has 0 saturated heterocycles. The van der Waals surface area contributed by atoms with Gasteiger partial charge in [-0.05, 0) is 30.5 Å². The van der Waals surface area contributed by atoms with E-state index in [2.05, 4.69) is 31.1 Å². The van der Waals surface area contributed by atoms with Crippen molar-refractivity contribution in [2.75, 3.05) is 6.54 Å². The predicted octanol–water partition coefficient (Wildman–Crippen LogP) is 2.31. The highest BCUT2D eigenvalue weighted by molar-refractivity contribution is 5.17. The van der Waals surface area contributed by atoms with Gasteiger partial charge in [0.2, 0.25) is 0 Å². The Balaban J connectivity index is 2.23. The Hall–Kier alpha value is -1.09. The fourth-order valence-electron chi connectivity index (χ4n) is 1.20. The zero-order chi connectivity index (χ0) is 11.3. The number of nitrogens with zero attached hydrogens (tertiary/aromatic N) is 1. The summed E-state index contributed by atoms with van der Waals surface area (Å²) in [6.07, 6.45) is 2.62. The van der Waals surface area contributed by atoms with Gasteiger partial charge >= 0.3 is 0 Å². The van der Waals surface area contributed by atoms with Gasteiger partial charge in [0.25, 0.3) is 0 Å². The van der Waals surface area contributed by atoms with Crippen LogP contribution in [-0.4, -0.2) is 16.6 Å². The van der Waals surface area contributed by atoms with Gasteiger partial charge in [-0.2, -0.15) is 0 Å². The zero-order valence-electron chi connectivity index (χ0n) is 9.75. The van der Waals surface area contributed by atoms with Crippen molar-refractivity contribution in [3.05, 3.63) is 24.0 Å². The Labute approximate surface area is 91.5 Å². The molecule has 0 unspecified atom stereocenters. The molecule has 0 radical (unpaired) electrons. The lowest BCUT2D eigenvalue weighted by Crippen LogP contribution is -2.20. The molecule has 1 rings (SSSR count). The minimum absolute atomic E-state index is 0.216. The van der Waals surface area contributed by atoms with E-state index in [1.807, 2.05) is 6.07 Å². The fourth-order valence-corrected chi connectivity index (χ4v) is 1.20. The molecule has 0 aromatic carbocycles. The van der Waals surface area contributed by atoms with Crippen LogP contribution < -0.4 is 5.32 Å². The van der Waals surface area contributed by atoms with Crippen molar-refractivity contribution in [1.29, 1.82) is 0 Å². The summed E-state index contributed by atoms with van der Waals surface area (Å²) in [5.74, 6) is 0.216. The van der Waals surface area contributed by atoms with Gasteiger partial charge in [0.1, 0.15) is 5.75 Å². The molecule has 0 aliphatic carbocycles. The first-order valence-electron chi connectivity index (χ1n) is 5.32. The van der Waals surface area contributed by atoms with Crippen LogP contribution in [0.25, 0.3) is 0 Å². The molecule has 1 heterocycles. The second-order valence-electron chi connectivity index (χ2n) is 5.00. The van der Waals surface area contributed by atoms with Crippen LogP contribution >= 0.6 is 0 Å². The third-order valence-corrected chi connectivity index (χ3v) is 2.17. The highest BCUT2D eigenvalue weighted by Gasteiger charge is 2.08. The number of pyridine rings is 1. The minimum atomic E-state index is 0.216. The Bertz CT molecular complexity index is 287. The van der Waals surface area contributed by atoms with Gasteiger partial charge in [0, 0.05) is 6.54 Å². The maximum Gasteiger partial charge on any atom is 0.133 e. The molecule has 2 N–H and O–H groups in total. The number of rotatable bonds is 4. The number of nitrogens with one attached hydrogen (secondary N) is 1. The highest BCUT2D eigenvalue weighted by atomic mass is 16.3. The van der Waals surface area contributed by atoms with Crippen LogP contribution in [0.3, 0.4) is 0 Å². The molecule has 3 nitrogen and oxygen atoms in total. The molecule has 0 fully saturated rings. The molecular formula is C12H20N2O. The first-order chi connectivity index (χ1) is 6.97. The molecule has 15 heavy (non-hydrogen) atoms. The Morgan fingerprint density at radius 2 is 2.07 bits per heavy atom. The van der Waals surface area contributed by atoms with Gasteiger partial charge < -0.3 is 10.4 Å². The van der Waals surface area contributed by atoms with E-state index in [1.54, 1.807) is 6.07 Å². The van der Waals surface area contributed by atoms with E-state index >= 15 is 0 Å². The molecule has 0 aliphatic rings. The van der Waals surface area contributed by atoms with Gasteiger partial charge in [-0.3, -0.25) is 4.98 Å². The molecule has 3 heteroatoms. The van der Waals surface area contributed by atoms with E-state index in [0.717, 1.165) is 25.2 Å². The smallest absolute Gasteiger partial charge is 0.133 e. The van der Waals surface area contributed by atoms with Crippen molar-refractivity contribution < 1.29 is 5.11 Å². The molecule has 0 spiro atoms. The zero-order valence-corrected chi connectivity index (χ0v) is 9.75. The molecule has 0 amide bonds. The van der Waals surface area contributed by atoms with Gasteiger partial charge in [-0.1, -0.05) is 20.8 Å². The summed E-state index contributed by atoms with van der Waals surface area (Å²) in [6.45, 7) is 8.44. The van der Waals surface area contributed by atoms with E-state index in [4.69, 9.17) is 5.11 Å². The Morgan fingerprint density at radius 1 is 1.33 bits per heavy atom. The van der Waals surface area contributed by atoms with Crippen molar-refractivity contribution in [1.82, 2.24) is 10.3 Å². The molecule has 1 aromatic rings. The largest absolute Gasteiger partial charge is 0.506 e. The van der Waals surface area contributed by atoms with Gasteiger partial charge in [-0.25, -0.2) is 0 Å². The van der Waals surface area contributed by atoms with Crippen LogP contribution in [0.1, 0.15) is 32.9 Å². The second-order valence-corrected chi connectivity index (χ2v) is 5.00.